The molecular formula is C10H11N3O6. The average Bonchev–Trinajstić information content (AvgIpc) is 2.36. The van der Waals surface area contributed by atoms with Crippen LogP contribution >= 0.6 is 0 Å². The molecule has 0 bridgehead atoms. The summed E-state index contributed by atoms with van der Waals surface area (Å²) in [7, 11) is 1.17. The highest BCUT2D eigenvalue weighted by Crippen LogP contribution is 2.34. The van der Waals surface area contributed by atoms with E-state index in [0.717, 1.165) is 6.07 Å². The number of ether oxygens (including phenoxy) is 1. The number of benzene rings is 1. The van der Waals surface area contributed by atoms with E-state index in [1.165, 1.54) is 26.2 Å². The molecule has 0 aliphatic heterocycles. The molecule has 0 aliphatic carbocycles. The quantitative estimate of drug-likeness (QED) is 0.487. The Bertz CT molecular complexity index is 530. The standard InChI is InChI=1S/C10H11N3O6/c1-6(10(14)19-2)11-7-4-3-5-8(12(15)16)9(7)13(17)18/h3-6,11H,1-2H3/t6-/m0/s1. The lowest BCUT2D eigenvalue weighted by molar-refractivity contribution is -0.421. The first kappa shape index (κ1) is 14.4. The molecule has 1 rings (SSSR count). The summed E-state index contributed by atoms with van der Waals surface area (Å²) < 4.78 is 4.46. The number of carbonyl (C=O) groups is 1. The van der Waals surface area contributed by atoms with Crippen LogP contribution in [0, 0.1) is 20.2 Å². The van der Waals surface area contributed by atoms with Crippen molar-refractivity contribution >= 4 is 23.0 Å². The zero-order valence-corrected chi connectivity index (χ0v) is 10.2. The maximum absolute atomic E-state index is 11.2. The highest BCUT2D eigenvalue weighted by Gasteiger charge is 2.29. The van der Waals surface area contributed by atoms with Crippen molar-refractivity contribution in [1.82, 2.24) is 0 Å². The summed E-state index contributed by atoms with van der Waals surface area (Å²) in [6, 6.07) is 2.72. The summed E-state index contributed by atoms with van der Waals surface area (Å²) in [5.74, 6) is -0.638. The Morgan fingerprint density at radius 3 is 2.42 bits per heavy atom. The van der Waals surface area contributed by atoms with Gasteiger partial charge in [-0.15, -0.1) is 0 Å². The van der Waals surface area contributed by atoms with Gasteiger partial charge in [-0.2, -0.15) is 0 Å². The van der Waals surface area contributed by atoms with Crippen molar-refractivity contribution in [3.63, 3.8) is 0 Å². The Morgan fingerprint density at radius 2 is 1.95 bits per heavy atom. The molecule has 0 saturated carbocycles. The highest BCUT2D eigenvalue weighted by molar-refractivity contribution is 5.81. The van der Waals surface area contributed by atoms with Gasteiger partial charge in [-0.05, 0) is 13.0 Å². The lowest BCUT2D eigenvalue weighted by Gasteiger charge is -2.12. The van der Waals surface area contributed by atoms with Crippen LogP contribution in [0.1, 0.15) is 6.92 Å². The van der Waals surface area contributed by atoms with Gasteiger partial charge in [-0.25, -0.2) is 4.79 Å². The number of nitrogens with zero attached hydrogens (tertiary/aromatic N) is 2. The number of rotatable bonds is 5. The van der Waals surface area contributed by atoms with E-state index >= 15 is 0 Å². The van der Waals surface area contributed by atoms with Crippen molar-refractivity contribution in [2.75, 3.05) is 12.4 Å². The first-order chi connectivity index (χ1) is 8.88. The molecule has 9 nitrogen and oxygen atoms in total. The second-order valence-electron chi connectivity index (χ2n) is 3.58. The number of nitrogens with one attached hydrogen (secondary N) is 1. The minimum absolute atomic E-state index is 0.114. The number of nitro benzene ring substituents is 2. The number of anilines is 1. The molecule has 0 aliphatic rings. The first-order valence-corrected chi connectivity index (χ1v) is 5.14. The second kappa shape index (κ2) is 5.76. The Labute approximate surface area is 107 Å². The molecule has 0 aromatic heterocycles. The molecule has 1 aromatic rings. The Kier molecular flexibility index (Phi) is 4.35. The van der Waals surface area contributed by atoms with Crippen LogP contribution in [-0.4, -0.2) is 29.0 Å². The van der Waals surface area contributed by atoms with Crippen LogP contribution in [0.2, 0.25) is 0 Å². The average molecular weight is 269 g/mol. The minimum atomic E-state index is -0.871. The summed E-state index contributed by atoms with van der Waals surface area (Å²) in [5, 5.41) is 24.2. The number of hydrogen-bond acceptors (Lipinski definition) is 7. The summed E-state index contributed by atoms with van der Waals surface area (Å²) in [6.45, 7) is 1.42. The predicted octanol–water partition coefficient (Wildman–Crippen LogP) is 1.48. The van der Waals surface area contributed by atoms with Crippen LogP contribution < -0.4 is 5.32 Å². The van der Waals surface area contributed by atoms with E-state index in [-0.39, 0.29) is 5.69 Å². The summed E-state index contributed by atoms with van der Waals surface area (Å²) in [4.78, 5) is 31.2. The van der Waals surface area contributed by atoms with E-state index in [1.54, 1.807) is 0 Å². The lowest BCUT2D eigenvalue weighted by Crippen LogP contribution is -2.27. The van der Waals surface area contributed by atoms with Crippen LogP contribution in [0.4, 0.5) is 17.1 Å². The van der Waals surface area contributed by atoms with Crippen LogP contribution in [0.3, 0.4) is 0 Å². The van der Waals surface area contributed by atoms with E-state index in [0.29, 0.717) is 0 Å². The Balaban J connectivity index is 3.21. The van der Waals surface area contributed by atoms with Gasteiger partial charge in [0.1, 0.15) is 11.7 Å². The fourth-order valence-corrected chi connectivity index (χ4v) is 1.46. The van der Waals surface area contributed by atoms with Gasteiger partial charge in [0, 0.05) is 6.07 Å². The van der Waals surface area contributed by atoms with Crippen molar-refractivity contribution in [3.05, 3.63) is 38.4 Å². The molecule has 19 heavy (non-hydrogen) atoms. The molecule has 0 amide bonds. The van der Waals surface area contributed by atoms with Gasteiger partial charge in [0.15, 0.2) is 0 Å². The maximum atomic E-state index is 11.2. The minimum Gasteiger partial charge on any atom is -0.467 e. The van der Waals surface area contributed by atoms with Gasteiger partial charge in [-0.3, -0.25) is 20.2 Å². The van der Waals surface area contributed by atoms with Gasteiger partial charge in [0.05, 0.1) is 17.0 Å². The highest BCUT2D eigenvalue weighted by atomic mass is 16.6. The monoisotopic (exact) mass is 269 g/mol. The number of esters is 1. The molecule has 0 fully saturated rings. The molecule has 0 radical (unpaired) electrons. The van der Waals surface area contributed by atoms with Crippen molar-refractivity contribution in [3.8, 4) is 0 Å². The van der Waals surface area contributed by atoms with Crippen molar-refractivity contribution < 1.29 is 19.4 Å². The van der Waals surface area contributed by atoms with Gasteiger partial charge in [-0.1, -0.05) is 6.07 Å². The summed E-state index contributed by atoms with van der Waals surface area (Å²) in [6.07, 6.45) is 0. The van der Waals surface area contributed by atoms with E-state index in [2.05, 4.69) is 10.1 Å². The van der Waals surface area contributed by atoms with E-state index < -0.39 is 33.2 Å². The summed E-state index contributed by atoms with van der Waals surface area (Å²) >= 11 is 0. The predicted molar refractivity (Wildman–Crippen MR) is 64.9 cm³/mol. The summed E-state index contributed by atoms with van der Waals surface area (Å²) in [5.41, 5.74) is -1.45. The Morgan fingerprint density at radius 1 is 1.32 bits per heavy atom. The van der Waals surface area contributed by atoms with E-state index in [9.17, 15) is 25.0 Å². The number of nitro groups is 2. The SMILES string of the molecule is COC(=O)[C@H](C)Nc1cccc([N+](=O)[O-])c1[N+](=O)[O-]. The zero-order valence-electron chi connectivity index (χ0n) is 10.2. The molecule has 0 heterocycles. The van der Waals surface area contributed by atoms with Gasteiger partial charge in [0.2, 0.25) is 0 Å². The molecule has 1 atom stereocenters. The number of para-hydroxylation sites is 1. The fourth-order valence-electron chi connectivity index (χ4n) is 1.46. The Hall–Kier alpha value is -2.71. The fraction of sp³-hybridized carbons (Fsp3) is 0.300. The first-order valence-electron chi connectivity index (χ1n) is 5.14. The van der Waals surface area contributed by atoms with E-state index in [1.807, 2.05) is 0 Å². The molecule has 0 spiro atoms. The smallest absolute Gasteiger partial charge is 0.368 e. The molecule has 9 heteroatoms. The zero-order chi connectivity index (χ0) is 14.6. The normalized spacial score (nSPS) is 11.5. The van der Waals surface area contributed by atoms with Gasteiger partial charge in [0.25, 0.3) is 0 Å². The topological polar surface area (TPSA) is 125 Å². The third-order valence-corrected chi connectivity index (χ3v) is 2.32. The van der Waals surface area contributed by atoms with Gasteiger partial charge >= 0.3 is 17.3 Å². The van der Waals surface area contributed by atoms with Crippen LogP contribution in [-0.2, 0) is 9.53 Å². The molecule has 102 valence electrons. The number of carbonyl (C=O) groups excluding carboxylic acids is 1. The number of methoxy groups -OCH3 is 1. The van der Waals surface area contributed by atoms with Crippen LogP contribution in [0.25, 0.3) is 0 Å². The molecular weight excluding hydrogens is 258 g/mol. The molecule has 1 N–H and O–H groups in total. The van der Waals surface area contributed by atoms with Crippen LogP contribution in [0.5, 0.6) is 0 Å². The van der Waals surface area contributed by atoms with Gasteiger partial charge < -0.3 is 10.1 Å². The van der Waals surface area contributed by atoms with Crippen LogP contribution in [0.15, 0.2) is 18.2 Å². The second-order valence-corrected chi connectivity index (χ2v) is 3.58. The van der Waals surface area contributed by atoms with Crippen molar-refractivity contribution in [1.29, 1.82) is 0 Å². The molecule has 0 saturated heterocycles. The number of hydrogen-bond donors (Lipinski definition) is 1. The third kappa shape index (κ3) is 3.15. The van der Waals surface area contributed by atoms with Crippen molar-refractivity contribution in [2.24, 2.45) is 0 Å². The lowest BCUT2D eigenvalue weighted by atomic mass is 10.2. The largest absolute Gasteiger partial charge is 0.467 e. The van der Waals surface area contributed by atoms with Crippen molar-refractivity contribution in [2.45, 2.75) is 13.0 Å². The molecule has 0 unspecified atom stereocenters. The molecule has 1 aromatic carbocycles. The third-order valence-electron chi connectivity index (χ3n) is 2.32. The van der Waals surface area contributed by atoms with E-state index in [4.69, 9.17) is 0 Å². The maximum Gasteiger partial charge on any atom is 0.368 e.